The van der Waals surface area contributed by atoms with Crippen LogP contribution in [-0.4, -0.2) is 32.0 Å². The smallest absolute Gasteiger partial charge is 0.162 e. The molecular formula is C14H21NO3. The number of hydrogen-bond donors (Lipinski definition) is 2. The van der Waals surface area contributed by atoms with E-state index in [1.807, 2.05) is 12.1 Å². The molecule has 0 aromatic heterocycles. The average Bonchev–Trinajstić information content (AvgIpc) is 2.42. The van der Waals surface area contributed by atoms with Crippen molar-refractivity contribution in [1.82, 2.24) is 5.32 Å². The Morgan fingerprint density at radius 3 is 2.89 bits per heavy atom. The summed E-state index contributed by atoms with van der Waals surface area (Å²) in [6, 6.07) is 5.57. The van der Waals surface area contributed by atoms with Gasteiger partial charge in [0.15, 0.2) is 11.5 Å². The highest BCUT2D eigenvalue weighted by atomic mass is 16.5. The summed E-state index contributed by atoms with van der Waals surface area (Å²) in [5, 5.41) is 13.3. The number of benzene rings is 1. The van der Waals surface area contributed by atoms with Gasteiger partial charge in [0.2, 0.25) is 0 Å². The van der Waals surface area contributed by atoms with Crippen LogP contribution in [0.3, 0.4) is 0 Å². The fourth-order valence-electron chi connectivity index (χ4n) is 2.24. The molecule has 0 aliphatic carbocycles. The second kappa shape index (κ2) is 6.61. The summed E-state index contributed by atoms with van der Waals surface area (Å²) in [5.74, 6) is 1.45. The van der Waals surface area contributed by atoms with Crippen molar-refractivity contribution in [3.05, 3.63) is 23.8 Å². The molecular weight excluding hydrogens is 230 g/mol. The molecule has 2 N–H and O–H groups in total. The van der Waals surface area contributed by atoms with Crippen molar-refractivity contribution < 1.29 is 14.6 Å². The summed E-state index contributed by atoms with van der Waals surface area (Å²) in [6.07, 6.45) is 2.24. The van der Waals surface area contributed by atoms with Gasteiger partial charge in [0, 0.05) is 25.3 Å². The predicted molar refractivity (Wildman–Crippen MR) is 69.9 cm³/mol. The van der Waals surface area contributed by atoms with Gasteiger partial charge in [-0.05, 0) is 31.4 Å². The van der Waals surface area contributed by atoms with Crippen molar-refractivity contribution in [2.75, 3.05) is 26.9 Å². The monoisotopic (exact) mass is 251 g/mol. The van der Waals surface area contributed by atoms with E-state index >= 15 is 0 Å². The number of hydrogen-bond acceptors (Lipinski definition) is 4. The molecule has 1 heterocycles. The first-order chi connectivity index (χ1) is 8.81. The third-order valence-electron chi connectivity index (χ3n) is 3.39. The zero-order chi connectivity index (χ0) is 12.8. The molecule has 0 bridgehead atoms. The first-order valence-electron chi connectivity index (χ1n) is 6.44. The Kier molecular flexibility index (Phi) is 4.84. The second-order valence-corrected chi connectivity index (χ2v) is 4.65. The summed E-state index contributed by atoms with van der Waals surface area (Å²) in [5.41, 5.74) is 0.876. The van der Waals surface area contributed by atoms with Crippen molar-refractivity contribution in [3.63, 3.8) is 0 Å². The molecule has 0 unspecified atom stereocenters. The lowest BCUT2D eigenvalue weighted by atomic mass is 10.0. The van der Waals surface area contributed by atoms with Crippen LogP contribution >= 0.6 is 0 Å². The van der Waals surface area contributed by atoms with Crippen LogP contribution in [0.2, 0.25) is 0 Å². The van der Waals surface area contributed by atoms with Crippen LogP contribution in [0, 0.1) is 5.92 Å². The molecule has 1 aliphatic heterocycles. The Bertz CT molecular complexity index is 375. The number of ether oxygens (including phenoxy) is 2. The van der Waals surface area contributed by atoms with Crippen molar-refractivity contribution in [2.45, 2.75) is 19.4 Å². The minimum absolute atomic E-state index is 0.236. The van der Waals surface area contributed by atoms with E-state index < -0.39 is 0 Å². The molecule has 2 rings (SSSR count). The van der Waals surface area contributed by atoms with Crippen LogP contribution in [-0.2, 0) is 11.3 Å². The molecule has 0 spiro atoms. The Labute approximate surface area is 108 Å². The Morgan fingerprint density at radius 2 is 2.17 bits per heavy atom. The van der Waals surface area contributed by atoms with E-state index in [-0.39, 0.29) is 5.75 Å². The van der Waals surface area contributed by atoms with Gasteiger partial charge >= 0.3 is 0 Å². The maximum atomic E-state index is 9.94. The quantitative estimate of drug-likeness (QED) is 0.839. The molecule has 0 amide bonds. The topological polar surface area (TPSA) is 50.7 Å². The van der Waals surface area contributed by atoms with Crippen molar-refractivity contribution in [2.24, 2.45) is 5.92 Å². The first kappa shape index (κ1) is 13.2. The number of phenolic OH excluding ortho intramolecular Hbond substituents is 1. The normalized spacial score (nSPS) is 16.7. The maximum absolute atomic E-state index is 9.94. The lowest BCUT2D eigenvalue weighted by molar-refractivity contribution is 0.0662. The Balaban J connectivity index is 1.82. The highest BCUT2D eigenvalue weighted by Gasteiger charge is 2.13. The molecule has 1 aliphatic rings. The van der Waals surface area contributed by atoms with Gasteiger partial charge in [-0.2, -0.15) is 0 Å². The number of nitrogens with one attached hydrogen (secondary N) is 1. The molecule has 0 radical (unpaired) electrons. The van der Waals surface area contributed by atoms with Crippen LogP contribution in [0.15, 0.2) is 18.2 Å². The standard InChI is InChI=1S/C14H21NO3/c1-17-13-4-2-3-12(14(13)16)10-15-9-11-5-7-18-8-6-11/h2-4,11,15-16H,5-10H2,1H3. The highest BCUT2D eigenvalue weighted by Crippen LogP contribution is 2.29. The fourth-order valence-corrected chi connectivity index (χ4v) is 2.24. The van der Waals surface area contributed by atoms with E-state index in [1.54, 1.807) is 13.2 Å². The average molecular weight is 251 g/mol. The molecule has 1 aromatic rings. The zero-order valence-corrected chi connectivity index (χ0v) is 10.8. The van der Waals surface area contributed by atoms with E-state index in [9.17, 15) is 5.11 Å². The maximum Gasteiger partial charge on any atom is 0.162 e. The Morgan fingerprint density at radius 1 is 1.39 bits per heavy atom. The summed E-state index contributed by atoms with van der Waals surface area (Å²) in [7, 11) is 1.56. The largest absolute Gasteiger partial charge is 0.504 e. The fraction of sp³-hybridized carbons (Fsp3) is 0.571. The molecule has 0 saturated carbocycles. The minimum atomic E-state index is 0.236. The Hall–Kier alpha value is -1.26. The van der Waals surface area contributed by atoms with Gasteiger partial charge in [0.05, 0.1) is 7.11 Å². The number of aromatic hydroxyl groups is 1. The lowest BCUT2D eigenvalue weighted by Gasteiger charge is -2.22. The van der Waals surface area contributed by atoms with Crippen LogP contribution in [0.1, 0.15) is 18.4 Å². The molecule has 0 atom stereocenters. The summed E-state index contributed by atoms with van der Waals surface area (Å²) in [6.45, 7) is 3.38. The van der Waals surface area contributed by atoms with Gasteiger partial charge in [-0.1, -0.05) is 12.1 Å². The summed E-state index contributed by atoms with van der Waals surface area (Å²) >= 11 is 0. The third-order valence-corrected chi connectivity index (χ3v) is 3.39. The van der Waals surface area contributed by atoms with Gasteiger partial charge in [-0.25, -0.2) is 0 Å². The molecule has 4 nitrogen and oxygen atoms in total. The van der Waals surface area contributed by atoms with Crippen molar-refractivity contribution in [1.29, 1.82) is 0 Å². The van der Waals surface area contributed by atoms with E-state index in [4.69, 9.17) is 9.47 Å². The van der Waals surface area contributed by atoms with E-state index in [1.165, 1.54) is 0 Å². The van der Waals surface area contributed by atoms with E-state index in [0.29, 0.717) is 18.2 Å². The van der Waals surface area contributed by atoms with Crippen LogP contribution in [0.25, 0.3) is 0 Å². The minimum Gasteiger partial charge on any atom is -0.504 e. The van der Waals surface area contributed by atoms with Gasteiger partial charge in [-0.3, -0.25) is 0 Å². The predicted octanol–water partition coefficient (Wildman–Crippen LogP) is 1.92. The van der Waals surface area contributed by atoms with Gasteiger partial charge in [-0.15, -0.1) is 0 Å². The van der Waals surface area contributed by atoms with Crippen LogP contribution in [0.4, 0.5) is 0 Å². The zero-order valence-electron chi connectivity index (χ0n) is 10.8. The molecule has 1 fully saturated rings. The molecule has 4 heteroatoms. The molecule has 1 aromatic carbocycles. The van der Waals surface area contributed by atoms with Gasteiger partial charge < -0.3 is 19.9 Å². The SMILES string of the molecule is COc1cccc(CNCC2CCOCC2)c1O. The number of rotatable bonds is 5. The van der Waals surface area contributed by atoms with Gasteiger partial charge in [0.1, 0.15) is 0 Å². The van der Waals surface area contributed by atoms with E-state index in [2.05, 4.69) is 5.32 Å². The van der Waals surface area contributed by atoms with Crippen LogP contribution < -0.4 is 10.1 Å². The lowest BCUT2D eigenvalue weighted by Crippen LogP contribution is -2.27. The molecule has 1 saturated heterocycles. The molecule has 100 valence electrons. The van der Waals surface area contributed by atoms with Crippen LogP contribution in [0.5, 0.6) is 11.5 Å². The second-order valence-electron chi connectivity index (χ2n) is 4.65. The first-order valence-corrected chi connectivity index (χ1v) is 6.44. The van der Waals surface area contributed by atoms with Crippen molar-refractivity contribution >= 4 is 0 Å². The summed E-state index contributed by atoms with van der Waals surface area (Å²) < 4.78 is 10.4. The van der Waals surface area contributed by atoms with Gasteiger partial charge in [0.25, 0.3) is 0 Å². The highest BCUT2D eigenvalue weighted by molar-refractivity contribution is 5.45. The number of methoxy groups -OCH3 is 1. The third kappa shape index (κ3) is 3.37. The summed E-state index contributed by atoms with van der Waals surface area (Å²) in [4.78, 5) is 0. The van der Waals surface area contributed by atoms with Crippen molar-refractivity contribution in [3.8, 4) is 11.5 Å². The van der Waals surface area contributed by atoms with E-state index in [0.717, 1.165) is 38.2 Å². The number of para-hydroxylation sites is 1. The number of phenols is 1. The molecule has 18 heavy (non-hydrogen) atoms.